The lowest BCUT2D eigenvalue weighted by molar-refractivity contribution is -0.274. The number of alkyl halides is 3. The van der Waals surface area contributed by atoms with E-state index >= 15 is 0 Å². The maximum Gasteiger partial charge on any atom is 0.573 e. The predicted octanol–water partition coefficient (Wildman–Crippen LogP) is 4.56. The maximum atomic E-state index is 12.4. The number of carbonyl (C=O) groups is 1. The Bertz CT molecular complexity index is 775. The number of nitrogens with zero attached hydrogens (tertiary/aromatic N) is 1. The van der Waals surface area contributed by atoms with Crippen LogP contribution in [0.25, 0.3) is 0 Å². The average molecular weight is 379 g/mol. The molecule has 0 saturated carbocycles. The van der Waals surface area contributed by atoms with Gasteiger partial charge in [0.1, 0.15) is 5.75 Å². The fourth-order valence-electron chi connectivity index (χ4n) is 2.18. The van der Waals surface area contributed by atoms with Crippen LogP contribution in [-0.2, 0) is 0 Å². The largest absolute Gasteiger partial charge is 0.573 e. The van der Waals surface area contributed by atoms with Crippen LogP contribution in [0.3, 0.4) is 0 Å². The minimum absolute atomic E-state index is 0.0885. The van der Waals surface area contributed by atoms with Crippen LogP contribution >= 0.6 is 0 Å². The molecule has 0 bridgehead atoms. The van der Waals surface area contributed by atoms with Crippen LogP contribution in [-0.4, -0.2) is 25.0 Å². The van der Waals surface area contributed by atoms with E-state index in [1.54, 1.807) is 24.3 Å². The van der Waals surface area contributed by atoms with Crippen LogP contribution in [0.1, 0.15) is 35.7 Å². The SMILES string of the molecule is CCCCNc1ccc(C(=O)NN=Cc2ccccc2OC(F)(F)F)cc1. The third kappa shape index (κ3) is 7.01. The van der Waals surface area contributed by atoms with Gasteiger partial charge in [-0.3, -0.25) is 4.79 Å². The van der Waals surface area contributed by atoms with Crippen molar-refractivity contribution in [1.29, 1.82) is 0 Å². The summed E-state index contributed by atoms with van der Waals surface area (Å²) < 4.78 is 41.1. The van der Waals surface area contributed by atoms with Crippen molar-refractivity contribution in [2.45, 2.75) is 26.1 Å². The van der Waals surface area contributed by atoms with Crippen molar-refractivity contribution in [2.75, 3.05) is 11.9 Å². The number of halogens is 3. The molecular formula is C19H20F3N3O2. The number of anilines is 1. The molecule has 0 spiro atoms. The first kappa shape index (κ1) is 20.3. The summed E-state index contributed by atoms with van der Waals surface area (Å²) in [5, 5.41) is 6.94. The third-order valence-corrected chi connectivity index (χ3v) is 3.52. The second kappa shape index (κ2) is 9.61. The highest BCUT2D eigenvalue weighted by Crippen LogP contribution is 2.25. The van der Waals surface area contributed by atoms with Crippen LogP contribution in [0.2, 0.25) is 0 Å². The highest BCUT2D eigenvalue weighted by atomic mass is 19.4. The van der Waals surface area contributed by atoms with Crippen molar-refractivity contribution in [2.24, 2.45) is 5.10 Å². The van der Waals surface area contributed by atoms with Gasteiger partial charge in [0.15, 0.2) is 0 Å². The van der Waals surface area contributed by atoms with Gasteiger partial charge < -0.3 is 10.1 Å². The van der Waals surface area contributed by atoms with E-state index in [-0.39, 0.29) is 5.56 Å². The minimum atomic E-state index is -4.81. The van der Waals surface area contributed by atoms with Crippen LogP contribution < -0.4 is 15.5 Å². The van der Waals surface area contributed by atoms with Crippen molar-refractivity contribution >= 4 is 17.8 Å². The zero-order valence-electron chi connectivity index (χ0n) is 14.7. The molecular weight excluding hydrogens is 359 g/mol. The quantitative estimate of drug-likeness (QED) is 0.401. The van der Waals surface area contributed by atoms with E-state index in [4.69, 9.17) is 0 Å². The molecule has 0 fully saturated rings. The second-order valence-corrected chi connectivity index (χ2v) is 5.64. The molecule has 2 aromatic rings. The van der Waals surface area contributed by atoms with Crippen molar-refractivity contribution in [3.05, 3.63) is 59.7 Å². The van der Waals surface area contributed by atoms with Crippen molar-refractivity contribution in [3.8, 4) is 5.75 Å². The van der Waals surface area contributed by atoms with E-state index in [1.165, 1.54) is 24.3 Å². The van der Waals surface area contributed by atoms with E-state index in [9.17, 15) is 18.0 Å². The molecule has 0 unspecified atom stereocenters. The molecule has 0 saturated heterocycles. The molecule has 0 aliphatic rings. The van der Waals surface area contributed by atoms with Gasteiger partial charge in [0.05, 0.1) is 6.21 Å². The number of rotatable bonds is 8. The Labute approximate surface area is 155 Å². The minimum Gasteiger partial charge on any atom is -0.405 e. The Hall–Kier alpha value is -3.03. The molecule has 0 aliphatic carbocycles. The first-order valence-corrected chi connectivity index (χ1v) is 8.41. The summed E-state index contributed by atoms with van der Waals surface area (Å²) in [7, 11) is 0. The fraction of sp³-hybridized carbons (Fsp3) is 0.263. The molecule has 2 rings (SSSR count). The molecule has 0 aliphatic heterocycles. The number of para-hydroxylation sites is 1. The zero-order chi connectivity index (χ0) is 19.7. The third-order valence-electron chi connectivity index (χ3n) is 3.52. The van der Waals surface area contributed by atoms with Crippen LogP contribution in [0.4, 0.5) is 18.9 Å². The molecule has 0 heterocycles. The number of hydrogen-bond donors (Lipinski definition) is 2. The molecule has 1 amide bonds. The Kier molecular flexibility index (Phi) is 7.22. The Morgan fingerprint density at radius 2 is 1.85 bits per heavy atom. The molecule has 5 nitrogen and oxygen atoms in total. The number of amides is 1. The lowest BCUT2D eigenvalue weighted by atomic mass is 10.2. The van der Waals surface area contributed by atoms with E-state index in [0.717, 1.165) is 31.3 Å². The molecule has 0 radical (unpaired) electrons. The topological polar surface area (TPSA) is 62.7 Å². The number of ether oxygens (including phenoxy) is 1. The van der Waals surface area contributed by atoms with Crippen molar-refractivity contribution < 1.29 is 22.7 Å². The fourth-order valence-corrected chi connectivity index (χ4v) is 2.18. The number of hydrogen-bond acceptors (Lipinski definition) is 4. The summed E-state index contributed by atoms with van der Waals surface area (Å²) in [6, 6.07) is 12.3. The lowest BCUT2D eigenvalue weighted by Crippen LogP contribution is -2.19. The number of hydrazone groups is 1. The van der Waals surface area contributed by atoms with Crippen molar-refractivity contribution in [1.82, 2.24) is 5.43 Å². The van der Waals surface area contributed by atoms with E-state index < -0.39 is 18.0 Å². The monoisotopic (exact) mass is 379 g/mol. The van der Waals surface area contributed by atoms with E-state index in [2.05, 4.69) is 27.5 Å². The lowest BCUT2D eigenvalue weighted by Gasteiger charge is -2.10. The van der Waals surface area contributed by atoms with E-state index in [1.807, 2.05) is 0 Å². The first-order valence-electron chi connectivity index (χ1n) is 8.41. The molecule has 27 heavy (non-hydrogen) atoms. The van der Waals surface area contributed by atoms with Gasteiger partial charge in [0.2, 0.25) is 0 Å². The van der Waals surface area contributed by atoms with Gasteiger partial charge in [-0.25, -0.2) is 5.43 Å². The molecule has 144 valence electrons. The maximum absolute atomic E-state index is 12.4. The summed E-state index contributed by atoms with van der Waals surface area (Å²) in [6.45, 7) is 2.95. The molecule has 2 N–H and O–H groups in total. The zero-order valence-corrected chi connectivity index (χ0v) is 14.7. The molecule has 8 heteroatoms. The van der Waals surface area contributed by atoms with Gasteiger partial charge in [-0.1, -0.05) is 25.5 Å². The van der Waals surface area contributed by atoms with E-state index in [0.29, 0.717) is 5.56 Å². The standard InChI is InChI=1S/C19H20F3N3O2/c1-2-3-12-23-16-10-8-14(9-11-16)18(26)25-24-13-15-6-4-5-7-17(15)27-19(20,21)22/h4-11,13,23H,2-3,12H2,1H3,(H,25,26). The van der Waals surface area contributed by atoms with Crippen LogP contribution in [0, 0.1) is 0 Å². The van der Waals surface area contributed by atoms with Crippen LogP contribution in [0.15, 0.2) is 53.6 Å². The Morgan fingerprint density at radius 3 is 2.52 bits per heavy atom. The van der Waals surface area contributed by atoms with Crippen LogP contribution in [0.5, 0.6) is 5.75 Å². The first-order chi connectivity index (χ1) is 12.9. The summed E-state index contributed by atoms with van der Waals surface area (Å²) in [5.74, 6) is -0.869. The molecule has 0 atom stereocenters. The Balaban J connectivity index is 1.95. The number of nitrogens with one attached hydrogen (secondary N) is 2. The summed E-state index contributed by atoms with van der Waals surface area (Å²) in [6.07, 6.45) is -1.57. The highest BCUT2D eigenvalue weighted by Gasteiger charge is 2.31. The number of benzene rings is 2. The Morgan fingerprint density at radius 1 is 1.15 bits per heavy atom. The predicted molar refractivity (Wildman–Crippen MR) is 98.0 cm³/mol. The molecule has 2 aromatic carbocycles. The second-order valence-electron chi connectivity index (χ2n) is 5.64. The molecule has 0 aromatic heterocycles. The number of unbranched alkanes of at least 4 members (excludes halogenated alkanes) is 1. The summed E-state index contributed by atoms with van der Waals surface area (Å²) >= 11 is 0. The average Bonchev–Trinajstić information content (AvgIpc) is 2.62. The van der Waals surface area contributed by atoms with Gasteiger partial charge >= 0.3 is 6.36 Å². The summed E-state index contributed by atoms with van der Waals surface area (Å²) in [5.41, 5.74) is 3.66. The number of carbonyl (C=O) groups excluding carboxylic acids is 1. The normalized spacial score (nSPS) is 11.4. The van der Waals surface area contributed by atoms with Gasteiger partial charge in [-0.05, 0) is 42.8 Å². The highest BCUT2D eigenvalue weighted by molar-refractivity contribution is 5.95. The van der Waals surface area contributed by atoms with Gasteiger partial charge in [0, 0.05) is 23.4 Å². The summed E-state index contributed by atoms with van der Waals surface area (Å²) in [4.78, 5) is 12.1. The van der Waals surface area contributed by atoms with Crippen molar-refractivity contribution in [3.63, 3.8) is 0 Å². The van der Waals surface area contributed by atoms with Gasteiger partial charge in [-0.2, -0.15) is 5.10 Å². The van der Waals surface area contributed by atoms with Gasteiger partial charge in [-0.15, -0.1) is 13.2 Å². The van der Waals surface area contributed by atoms with Gasteiger partial charge in [0.25, 0.3) is 5.91 Å². The smallest absolute Gasteiger partial charge is 0.405 e.